The Morgan fingerprint density at radius 3 is 1.45 bits per heavy atom. The second kappa shape index (κ2) is 13.1. The first kappa shape index (κ1) is 37.0. The van der Waals surface area contributed by atoms with Crippen LogP contribution in [-0.4, -0.2) is 33.6 Å². The summed E-state index contributed by atoms with van der Waals surface area (Å²) in [6.45, 7) is 6.86. The first-order chi connectivity index (χ1) is 18.9. The molecule has 0 heterocycles. The first-order valence-corrected chi connectivity index (χ1v) is 12.4. The lowest BCUT2D eigenvalue weighted by molar-refractivity contribution is -0.261. The van der Waals surface area contributed by atoms with E-state index >= 15 is 0 Å². The van der Waals surface area contributed by atoms with Crippen molar-refractivity contribution in [2.45, 2.75) is 83.9 Å². The van der Waals surface area contributed by atoms with Crippen LogP contribution in [0, 0.1) is 29.2 Å². The Labute approximate surface area is 234 Å². The number of aromatic hydroxyl groups is 1. The predicted octanol–water partition coefficient (Wildman–Crippen LogP) is 7.64. The number of alkyl halides is 6. The van der Waals surface area contributed by atoms with Crippen molar-refractivity contribution in [2.24, 2.45) is 5.92 Å². The van der Waals surface area contributed by atoms with Crippen LogP contribution in [0.4, 0.5) is 43.9 Å². The topological polar surface area (TPSA) is 87.0 Å². The molecule has 15 heteroatoms. The number of aliphatic hydroxyl groups is 2. The van der Waals surface area contributed by atoms with Gasteiger partial charge in [-0.05, 0) is 61.9 Å². The van der Waals surface area contributed by atoms with Crippen molar-refractivity contribution in [3.63, 3.8) is 0 Å². The second-order valence-electron chi connectivity index (χ2n) is 9.94. The molecule has 3 N–H and O–H groups in total. The Hall–Kier alpha value is -3.07. The highest BCUT2D eigenvalue weighted by atomic mass is 19.4. The van der Waals surface area contributed by atoms with Gasteiger partial charge in [-0.15, -0.1) is 0 Å². The maximum Gasteiger partial charge on any atom is 0.421 e. The summed E-state index contributed by atoms with van der Waals surface area (Å²) in [6, 6.07) is 1.61. The van der Waals surface area contributed by atoms with Crippen LogP contribution >= 0.6 is 0 Å². The minimum Gasteiger partial charge on any atom is -0.503 e. The number of phenolic OH excluding ortho intramolecular Hbond substituents is 1. The molecule has 0 aliphatic carbocycles. The van der Waals surface area contributed by atoms with E-state index in [4.69, 9.17) is 9.84 Å². The highest BCUT2D eigenvalue weighted by Gasteiger charge is 2.54. The highest BCUT2D eigenvalue weighted by molar-refractivity contribution is 5.74. The largest absolute Gasteiger partial charge is 0.503 e. The van der Waals surface area contributed by atoms with Gasteiger partial charge in [0, 0.05) is 5.56 Å². The average molecular weight is 625 g/mol. The SMILES string of the molecule is CCC(C)C(=O)Oc1cc(C(C)(O)C(F)(F)F)cc(C(C)(O)C(F)(F)F)c1.CCC(C)c1c(F)c(F)c(O)c(F)c1F. The molecule has 0 saturated heterocycles. The van der Waals surface area contributed by atoms with Gasteiger partial charge in [0.25, 0.3) is 0 Å². The molecular formula is C27H30F10O5. The van der Waals surface area contributed by atoms with Crippen LogP contribution in [0.1, 0.15) is 77.0 Å². The molecule has 2 aromatic carbocycles. The van der Waals surface area contributed by atoms with Gasteiger partial charge in [-0.1, -0.05) is 27.7 Å². The van der Waals surface area contributed by atoms with E-state index in [1.54, 1.807) is 13.8 Å². The number of carbonyl (C=O) groups is 1. The minimum atomic E-state index is -5.23. The lowest BCUT2D eigenvalue weighted by Crippen LogP contribution is -2.41. The van der Waals surface area contributed by atoms with E-state index in [1.165, 1.54) is 13.8 Å². The molecule has 0 saturated carbocycles. The van der Waals surface area contributed by atoms with Crippen LogP contribution in [0.15, 0.2) is 18.2 Å². The van der Waals surface area contributed by atoms with Gasteiger partial charge in [-0.3, -0.25) is 4.79 Å². The van der Waals surface area contributed by atoms with Gasteiger partial charge in [0.1, 0.15) is 5.75 Å². The summed E-state index contributed by atoms with van der Waals surface area (Å²) in [5.74, 6) is -11.0. The van der Waals surface area contributed by atoms with Crippen LogP contribution in [0.25, 0.3) is 0 Å². The Bertz CT molecular complexity index is 1200. The van der Waals surface area contributed by atoms with Crippen LogP contribution < -0.4 is 4.74 Å². The Kier molecular flexibility index (Phi) is 11.5. The number of benzene rings is 2. The lowest BCUT2D eigenvalue weighted by atomic mass is 9.88. The predicted molar refractivity (Wildman–Crippen MR) is 129 cm³/mol. The lowest BCUT2D eigenvalue weighted by Gasteiger charge is -2.31. The third-order valence-electron chi connectivity index (χ3n) is 6.75. The van der Waals surface area contributed by atoms with E-state index in [0.717, 1.165) is 0 Å². The number of carbonyl (C=O) groups excluding carboxylic acids is 1. The second-order valence-corrected chi connectivity index (χ2v) is 9.94. The van der Waals surface area contributed by atoms with Gasteiger partial charge in [-0.25, -0.2) is 8.78 Å². The summed E-state index contributed by atoms with van der Waals surface area (Å²) in [5.41, 5.74) is -9.76. The molecule has 5 nitrogen and oxygen atoms in total. The van der Waals surface area contributed by atoms with Crippen molar-refractivity contribution in [2.75, 3.05) is 0 Å². The molecule has 42 heavy (non-hydrogen) atoms. The van der Waals surface area contributed by atoms with Gasteiger partial charge in [0.05, 0.1) is 5.92 Å². The quantitative estimate of drug-likeness (QED) is 0.128. The fourth-order valence-electron chi connectivity index (χ4n) is 3.20. The smallest absolute Gasteiger partial charge is 0.421 e. The molecule has 0 aliphatic rings. The summed E-state index contributed by atoms with van der Waals surface area (Å²) in [7, 11) is 0. The van der Waals surface area contributed by atoms with Gasteiger partial charge in [-0.2, -0.15) is 35.1 Å². The van der Waals surface area contributed by atoms with E-state index in [9.17, 15) is 58.9 Å². The highest BCUT2D eigenvalue weighted by Crippen LogP contribution is 2.44. The van der Waals surface area contributed by atoms with Crippen LogP contribution in [0.5, 0.6) is 11.5 Å². The van der Waals surface area contributed by atoms with E-state index in [-0.39, 0.29) is 0 Å². The van der Waals surface area contributed by atoms with Crippen molar-refractivity contribution in [3.05, 3.63) is 58.2 Å². The normalized spacial score (nSPS) is 16.4. The van der Waals surface area contributed by atoms with Crippen molar-refractivity contribution in [3.8, 4) is 11.5 Å². The Balaban J connectivity index is 0.000000495. The van der Waals surface area contributed by atoms with Crippen molar-refractivity contribution in [1.29, 1.82) is 0 Å². The Morgan fingerprint density at radius 2 is 1.14 bits per heavy atom. The van der Waals surface area contributed by atoms with E-state index in [0.29, 0.717) is 44.9 Å². The van der Waals surface area contributed by atoms with Gasteiger partial charge in [0.2, 0.25) is 11.6 Å². The van der Waals surface area contributed by atoms with Gasteiger partial charge >= 0.3 is 18.3 Å². The standard InChI is InChI=1S/C17H20F6O4.C10H10F4O/c1-5-9(2)13(24)27-12-7-10(14(3,25)16(18,19)20)6-11(8-12)15(4,26)17(21,22)23;1-3-4(2)5-6(11)8(13)10(15)9(14)7(5)12/h6-9,25-26H,5H2,1-4H3;4,15H,3H2,1-2H3. The zero-order valence-electron chi connectivity index (χ0n) is 23.2. The number of halogens is 10. The monoisotopic (exact) mass is 624 g/mol. The fraction of sp³-hybridized carbons (Fsp3) is 0.519. The molecule has 0 spiro atoms. The van der Waals surface area contributed by atoms with Crippen LogP contribution in [0.3, 0.4) is 0 Å². The number of hydrogen-bond donors (Lipinski definition) is 3. The molecule has 0 fully saturated rings. The van der Waals surface area contributed by atoms with Crippen molar-refractivity contribution >= 4 is 5.97 Å². The molecule has 0 bridgehead atoms. The number of ether oxygens (including phenoxy) is 1. The molecule has 0 aliphatic heterocycles. The Morgan fingerprint density at radius 1 is 0.762 bits per heavy atom. The average Bonchev–Trinajstić information content (AvgIpc) is 2.89. The van der Waals surface area contributed by atoms with Crippen molar-refractivity contribution < 1.29 is 68.8 Å². The van der Waals surface area contributed by atoms with Gasteiger partial charge < -0.3 is 20.1 Å². The van der Waals surface area contributed by atoms with Crippen LogP contribution in [-0.2, 0) is 16.0 Å². The number of esters is 1. The van der Waals surface area contributed by atoms with Gasteiger partial charge in [0.15, 0.2) is 28.6 Å². The molecule has 4 unspecified atom stereocenters. The van der Waals surface area contributed by atoms with Crippen molar-refractivity contribution in [1.82, 2.24) is 0 Å². The molecule has 4 atom stereocenters. The minimum absolute atomic E-state index is 0.325. The molecule has 238 valence electrons. The molecule has 2 aromatic rings. The molecular weight excluding hydrogens is 594 g/mol. The zero-order chi connectivity index (χ0) is 33.2. The molecule has 0 aromatic heterocycles. The number of hydrogen-bond acceptors (Lipinski definition) is 5. The molecule has 0 radical (unpaired) electrons. The van der Waals surface area contributed by atoms with E-state index < -0.39 is 92.8 Å². The summed E-state index contributed by atoms with van der Waals surface area (Å²) in [5, 5.41) is 28.3. The summed E-state index contributed by atoms with van der Waals surface area (Å²) in [4.78, 5) is 11.9. The van der Waals surface area contributed by atoms with E-state index in [1.807, 2.05) is 0 Å². The summed E-state index contributed by atoms with van der Waals surface area (Å²) < 4.78 is 136. The fourth-order valence-corrected chi connectivity index (χ4v) is 3.20. The number of rotatable bonds is 7. The van der Waals surface area contributed by atoms with E-state index in [2.05, 4.69) is 0 Å². The molecule has 2 rings (SSSR count). The third kappa shape index (κ3) is 7.65. The summed E-state index contributed by atoms with van der Waals surface area (Å²) >= 11 is 0. The number of phenols is 1. The third-order valence-corrected chi connectivity index (χ3v) is 6.75. The summed E-state index contributed by atoms with van der Waals surface area (Å²) in [6.07, 6.45) is -9.80. The first-order valence-electron chi connectivity index (χ1n) is 12.4. The maximum absolute atomic E-state index is 13.2. The maximum atomic E-state index is 13.2. The molecule has 0 amide bonds. The zero-order valence-corrected chi connectivity index (χ0v) is 23.2. The van der Waals surface area contributed by atoms with Crippen LogP contribution in [0.2, 0.25) is 0 Å².